The first-order chi connectivity index (χ1) is 13.6. The summed E-state index contributed by atoms with van der Waals surface area (Å²) >= 11 is 0. The van der Waals surface area contributed by atoms with Gasteiger partial charge < -0.3 is 20.1 Å². The van der Waals surface area contributed by atoms with Gasteiger partial charge in [-0.15, -0.1) is 0 Å². The Morgan fingerprint density at radius 2 is 1.68 bits per heavy atom. The molecule has 2 aromatic carbocycles. The van der Waals surface area contributed by atoms with Crippen molar-refractivity contribution in [2.24, 2.45) is 0 Å². The summed E-state index contributed by atoms with van der Waals surface area (Å²) in [4.78, 5) is 28.3. The number of nitrogens with zero attached hydrogens (tertiary/aromatic N) is 1. The zero-order chi connectivity index (χ0) is 19.9. The number of aromatic nitrogens is 1. The van der Waals surface area contributed by atoms with E-state index in [1.54, 1.807) is 43.5 Å². The number of carbonyl (C=O) groups excluding carboxylic acids is 2. The molecule has 0 saturated carbocycles. The Bertz CT molecular complexity index is 987. The van der Waals surface area contributed by atoms with E-state index in [0.717, 1.165) is 11.4 Å². The highest BCUT2D eigenvalue weighted by atomic mass is 16.5. The standard InChI is InChI=1S/C21H19N3O4/c1-27-18-8-4-7-17(12-18)23-19-10-9-15(13-22-19)20(25)24-16-6-3-5-14(11-16)21(26)28-2/h3-13H,1-2H3,(H,22,23)(H,24,25). The van der Waals surface area contributed by atoms with Gasteiger partial charge in [-0.05, 0) is 42.5 Å². The minimum Gasteiger partial charge on any atom is -0.497 e. The molecule has 2 N–H and O–H groups in total. The lowest BCUT2D eigenvalue weighted by molar-refractivity contribution is 0.0600. The van der Waals surface area contributed by atoms with Gasteiger partial charge in [-0.3, -0.25) is 4.79 Å². The van der Waals surface area contributed by atoms with Crippen molar-refractivity contribution in [1.82, 2.24) is 4.98 Å². The highest BCUT2D eigenvalue weighted by molar-refractivity contribution is 6.04. The number of carbonyl (C=O) groups is 2. The van der Waals surface area contributed by atoms with Crippen molar-refractivity contribution in [1.29, 1.82) is 0 Å². The molecular weight excluding hydrogens is 358 g/mol. The molecular formula is C21H19N3O4. The number of rotatable bonds is 6. The second-order valence-corrected chi connectivity index (χ2v) is 5.82. The molecule has 0 radical (unpaired) electrons. The SMILES string of the molecule is COC(=O)c1cccc(NC(=O)c2ccc(Nc3cccc(OC)c3)nc2)c1. The van der Waals surface area contributed by atoms with Crippen molar-refractivity contribution in [3.05, 3.63) is 78.0 Å². The molecule has 0 saturated heterocycles. The first kappa shape index (κ1) is 18.9. The van der Waals surface area contributed by atoms with Crippen LogP contribution in [0.15, 0.2) is 66.9 Å². The maximum Gasteiger partial charge on any atom is 0.337 e. The molecule has 0 bridgehead atoms. The van der Waals surface area contributed by atoms with Gasteiger partial charge in [0.1, 0.15) is 11.6 Å². The van der Waals surface area contributed by atoms with Gasteiger partial charge in [-0.25, -0.2) is 9.78 Å². The summed E-state index contributed by atoms with van der Waals surface area (Å²) in [5, 5.41) is 5.88. The van der Waals surface area contributed by atoms with Crippen LogP contribution in [0, 0.1) is 0 Å². The number of anilines is 3. The summed E-state index contributed by atoms with van der Waals surface area (Å²) in [5.41, 5.74) is 2.06. The minimum absolute atomic E-state index is 0.331. The van der Waals surface area contributed by atoms with E-state index in [9.17, 15) is 9.59 Å². The highest BCUT2D eigenvalue weighted by Crippen LogP contribution is 2.20. The first-order valence-electron chi connectivity index (χ1n) is 8.46. The number of benzene rings is 2. The minimum atomic E-state index is -0.467. The highest BCUT2D eigenvalue weighted by Gasteiger charge is 2.10. The van der Waals surface area contributed by atoms with Crippen molar-refractivity contribution in [2.75, 3.05) is 24.9 Å². The van der Waals surface area contributed by atoms with Gasteiger partial charge in [-0.2, -0.15) is 0 Å². The van der Waals surface area contributed by atoms with Gasteiger partial charge >= 0.3 is 5.97 Å². The predicted molar refractivity (Wildman–Crippen MR) is 106 cm³/mol. The smallest absolute Gasteiger partial charge is 0.337 e. The lowest BCUT2D eigenvalue weighted by atomic mass is 10.2. The molecule has 28 heavy (non-hydrogen) atoms. The molecule has 0 unspecified atom stereocenters. The van der Waals surface area contributed by atoms with Crippen molar-refractivity contribution >= 4 is 29.1 Å². The molecule has 0 aliphatic heterocycles. The van der Waals surface area contributed by atoms with Crippen molar-refractivity contribution in [3.8, 4) is 5.75 Å². The molecule has 0 aliphatic carbocycles. The fraction of sp³-hybridized carbons (Fsp3) is 0.0952. The van der Waals surface area contributed by atoms with Gasteiger partial charge in [0.15, 0.2) is 0 Å². The summed E-state index contributed by atoms with van der Waals surface area (Å²) in [6, 6.07) is 17.3. The van der Waals surface area contributed by atoms with Crippen LogP contribution in [0.25, 0.3) is 0 Å². The molecule has 3 rings (SSSR count). The monoisotopic (exact) mass is 377 g/mol. The van der Waals surface area contributed by atoms with Crippen molar-refractivity contribution < 1.29 is 19.1 Å². The zero-order valence-corrected chi connectivity index (χ0v) is 15.4. The van der Waals surface area contributed by atoms with E-state index in [1.165, 1.54) is 13.3 Å². The molecule has 7 heteroatoms. The normalized spacial score (nSPS) is 10.1. The molecule has 3 aromatic rings. The van der Waals surface area contributed by atoms with Gasteiger partial charge in [0.2, 0.25) is 0 Å². The lowest BCUT2D eigenvalue weighted by Crippen LogP contribution is -2.13. The Morgan fingerprint density at radius 1 is 0.893 bits per heavy atom. The maximum absolute atomic E-state index is 12.4. The number of nitrogens with one attached hydrogen (secondary N) is 2. The summed E-state index contributed by atoms with van der Waals surface area (Å²) < 4.78 is 9.87. The molecule has 0 aliphatic rings. The van der Waals surface area contributed by atoms with E-state index >= 15 is 0 Å². The van der Waals surface area contributed by atoms with Gasteiger partial charge in [-0.1, -0.05) is 12.1 Å². The van der Waals surface area contributed by atoms with Crippen molar-refractivity contribution in [3.63, 3.8) is 0 Å². The van der Waals surface area contributed by atoms with E-state index in [1.807, 2.05) is 24.3 Å². The number of methoxy groups -OCH3 is 2. The van der Waals surface area contributed by atoms with Crippen LogP contribution < -0.4 is 15.4 Å². The molecule has 0 spiro atoms. The van der Waals surface area contributed by atoms with E-state index < -0.39 is 5.97 Å². The fourth-order valence-electron chi connectivity index (χ4n) is 2.50. The molecule has 1 heterocycles. The van der Waals surface area contributed by atoms with Crippen LogP contribution in [-0.4, -0.2) is 31.1 Å². The Labute approximate surface area is 162 Å². The number of hydrogen-bond acceptors (Lipinski definition) is 6. The van der Waals surface area contributed by atoms with Crippen LogP contribution in [0.2, 0.25) is 0 Å². The van der Waals surface area contributed by atoms with Crippen LogP contribution >= 0.6 is 0 Å². The van der Waals surface area contributed by atoms with E-state index in [0.29, 0.717) is 22.6 Å². The summed E-state index contributed by atoms with van der Waals surface area (Å²) in [6.45, 7) is 0. The maximum atomic E-state index is 12.4. The summed E-state index contributed by atoms with van der Waals surface area (Å²) in [7, 11) is 2.91. The van der Waals surface area contributed by atoms with Crippen molar-refractivity contribution in [2.45, 2.75) is 0 Å². The number of ether oxygens (including phenoxy) is 2. The third-order valence-electron chi connectivity index (χ3n) is 3.91. The average molecular weight is 377 g/mol. The average Bonchev–Trinajstić information content (AvgIpc) is 2.74. The van der Waals surface area contributed by atoms with Crippen LogP contribution in [0.4, 0.5) is 17.2 Å². The third kappa shape index (κ3) is 4.64. The molecule has 0 fully saturated rings. The Morgan fingerprint density at radius 3 is 2.39 bits per heavy atom. The third-order valence-corrected chi connectivity index (χ3v) is 3.91. The quantitative estimate of drug-likeness (QED) is 0.634. The molecule has 1 amide bonds. The Balaban J connectivity index is 1.67. The van der Waals surface area contributed by atoms with Gasteiger partial charge in [0.05, 0.1) is 25.3 Å². The second kappa shape index (κ2) is 8.68. The van der Waals surface area contributed by atoms with E-state index in [-0.39, 0.29) is 5.91 Å². The first-order valence-corrected chi connectivity index (χ1v) is 8.46. The Hall–Kier alpha value is -3.87. The Kier molecular flexibility index (Phi) is 5.86. The van der Waals surface area contributed by atoms with Crippen LogP contribution in [0.3, 0.4) is 0 Å². The van der Waals surface area contributed by atoms with Crippen LogP contribution in [-0.2, 0) is 4.74 Å². The number of pyridine rings is 1. The van der Waals surface area contributed by atoms with Crippen LogP contribution in [0.1, 0.15) is 20.7 Å². The fourth-order valence-corrected chi connectivity index (χ4v) is 2.50. The number of esters is 1. The zero-order valence-electron chi connectivity index (χ0n) is 15.4. The van der Waals surface area contributed by atoms with E-state index in [2.05, 4.69) is 20.4 Å². The lowest BCUT2D eigenvalue weighted by Gasteiger charge is -2.09. The summed E-state index contributed by atoms with van der Waals surface area (Å²) in [5.74, 6) is 0.529. The summed E-state index contributed by atoms with van der Waals surface area (Å²) in [6.07, 6.45) is 1.47. The molecule has 0 atom stereocenters. The molecule has 142 valence electrons. The number of hydrogen-bond donors (Lipinski definition) is 2. The van der Waals surface area contributed by atoms with Gasteiger partial charge in [0, 0.05) is 23.6 Å². The largest absolute Gasteiger partial charge is 0.497 e. The van der Waals surface area contributed by atoms with Crippen LogP contribution in [0.5, 0.6) is 5.75 Å². The predicted octanol–water partition coefficient (Wildman–Crippen LogP) is 3.87. The number of amides is 1. The van der Waals surface area contributed by atoms with Gasteiger partial charge in [0.25, 0.3) is 5.91 Å². The second-order valence-electron chi connectivity index (χ2n) is 5.82. The molecule has 1 aromatic heterocycles. The topological polar surface area (TPSA) is 89.5 Å². The van der Waals surface area contributed by atoms with E-state index in [4.69, 9.17) is 4.74 Å². The molecule has 7 nitrogen and oxygen atoms in total.